The van der Waals surface area contributed by atoms with Gasteiger partial charge in [-0.1, -0.05) is 17.3 Å². The van der Waals surface area contributed by atoms with E-state index in [1.807, 2.05) is 0 Å². The van der Waals surface area contributed by atoms with Gasteiger partial charge in [0.15, 0.2) is 5.78 Å². The summed E-state index contributed by atoms with van der Waals surface area (Å²) in [5.74, 6) is 0.182. The van der Waals surface area contributed by atoms with Gasteiger partial charge in [-0.05, 0) is 24.3 Å². The van der Waals surface area contributed by atoms with Gasteiger partial charge in [-0.2, -0.15) is 0 Å². The number of aryl methyl sites for hydroxylation is 1. The van der Waals surface area contributed by atoms with Crippen molar-refractivity contribution in [1.29, 1.82) is 0 Å². The number of benzene rings is 1. The Morgan fingerprint density at radius 1 is 1.18 bits per heavy atom. The summed E-state index contributed by atoms with van der Waals surface area (Å²) in [6.07, 6.45) is 3.86. The van der Waals surface area contributed by atoms with Crippen molar-refractivity contribution in [1.82, 2.24) is 10.1 Å². The lowest BCUT2D eigenvalue weighted by Crippen LogP contribution is -2.00. The lowest BCUT2D eigenvalue weighted by molar-refractivity contribution is 0.0980. The van der Waals surface area contributed by atoms with Crippen LogP contribution in [0.4, 0.5) is 4.39 Å². The van der Waals surface area contributed by atoms with Crippen molar-refractivity contribution in [3.63, 3.8) is 0 Å². The Morgan fingerprint density at radius 3 is 2.82 bits per heavy atom. The van der Waals surface area contributed by atoms with Crippen LogP contribution in [0.1, 0.15) is 22.5 Å². The third-order valence-corrected chi connectivity index (χ3v) is 3.29. The van der Waals surface area contributed by atoms with Crippen molar-refractivity contribution in [2.45, 2.75) is 12.8 Å². The fraction of sp³-hybridized carbons (Fsp3) is 0.118. The molecule has 2 heterocycles. The Kier molecular flexibility index (Phi) is 4.05. The normalized spacial score (nSPS) is 10.6. The molecule has 0 amide bonds. The quantitative estimate of drug-likeness (QED) is 0.674. The number of Topliss-reactive ketones (excluding diaryl/α,β-unsaturated/α-hetero) is 1. The van der Waals surface area contributed by atoms with Crippen LogP contribution in [0.15, 0.2) is 59.4 Å². The lowest BCUT2D eigenvalue weighted by Gasteiger charge is -1.97. The maximum Gasteiger partial charge on any atom is 0.164 e. The molecule has 0 bridgehead atoms. The van der Waals surface area contributed by atoms with E-state index in [1.54, 1.807) is 42.6 Å². The highest BCUT2D eigenvalue weighted by Crippen LogP contribution is 2.22. The van der Waals surface area contributed by atoms with Gasteiger partial charge >= 0.3 is 0 Å². The number of halogens is 1. The first-order valence-corrected chi connectivity index (χ1v) is 6.88. The molecule has 0 unspecified atom stereocenters. The zero-order valence-corrected chi connectivity index (χ0v) is 11.7. The van der Waals surface area contributed by atoms with E-state index >= 15 is 0 Å². The second-order valence-corrected chi connectivity index (χ2v) is 4.82. The van der Waals surface area contributed by atoms with Crippen LogP contribution in [0.5, 0.6) is 0 Å². The molecule has 3 rings (SSSR count). The number of carbonyl (C=O) groups excluding carboxylic acids is 1. The van der Waals surface area contributed by atoms with Gasteiger partial charge in [-0.3, -0.25) is 9.78 Å². The first-order valence-electron chi connectivity index (χ1n) is 6.88. The van der Waals surface area contributed by atoms with E-state index in [0.717, 1.165) is 0 Å². The van der Waals surface area contributed by atoms with E-state index in [0.29, 0.717) is 29.0 Å². The third-order valence-electron chi connectivity index (χ3n) is 3.29. The Morgan fingerprint density at radius 2 is 2.05 bits per heavy atom. The molecule has 0 radical (unpaired) electrons. The predicted molar refractivity (Wildman–Crippen MR) is 78.8 cm³/mol. The monoisotopic (exact) mass is 296 g/mol. The van der Waals surface area contributed by atoms with Gasteiger partial charge in [0.05, 0.1) is 0 Å². The Balaban J connectivity index is 1.68. The topological polar surface area (TPSA) is 56.0 Å². The number of carbonyl (C=O) groups is 1. The molecule has 1 aromatic carbocycles. The van der Waals surface area contributed by atoms with Crippen molar-refractivity contribution in [2.24, 2.45) is 0 Å². The summed E-state index contributed by atoms with van der Waals surface area (Å²) >= 11 is 0. The summed E-state index contributed by atoms with van der Waals surface area (Å²) in [6.45, 7) is 0. The molecule has 4 nitrogen and oxygen atoms in total. The van der Waals surface area contributed by atoms with Crippen molar-refractivity contribution in [2.75, 3.05) is 0 Å². The Bertz CT molecular complexity index is 784. The SMILES string of the molecule is O=C(CCc1cc(-c2ccccc2F)no1)c1cccnc1. The second-order valence-electron chi connectivity index (χ2n) is 4.82. The molecule has 0 fully saturated rings. The average molecular weight is 296 g/mol. The molecular formula is C17H13FN2O2. The maximum atomic E-state index is 13.7. The standard InChI is InChI=1S/C17H13FN2O2/c18-15-6-2-1-5-14(15)16-10-13(22-20-16)7-8-17(21)12-4-3-9-19-11-12/h1-6,9-11H,7-8H2. The fourth-order valence-corrected chi connectivity index (χ4v) is 2.14. The molecule has 0 N–H and O–H groups in total. The molecule has 0 aliphatic rings. The molecule has 0 aliphatic carbocycles. The van der Waals surface area contributed by atoms with Crippen LogP contribution >= 0.6 is 0 Å². The van der Waals surface area contributed by atoms with Crippen LogP contribution in [-0.2, 0) is 6.42 Å². The molecule has 0 saturated carbocycles. The van der Waals surface area contributed by atoms with Crippen LogP contribution < -0.4 is 0 Å². The van der Waals surface area contributed by atoms with Crippen LogP contribution in [-0.4, -0.2) is 15.9 Å². The van der Waals surface area contributed by atoms with Gasteiger partial charge in [0.25, 0.3) is 0 Å². The largest absolute Gasteiger partial charge is 0.361 e. The number of ketones is 1. The lowest BCUT2D eigenvalue weighted by atomic mass is 10.1. The van der Waals surface area contributed by atoms with E-state index in [2.05, 4.69) is 10.1 Å². The summed E-state index contributed by atoms with van der Waals surface area (Å²) < 4.78 is 18.9. The molecule has 5 heteroatoms. The van der Waals surface area contributed by atoms with E-state index in [1.165, 1.54) is 12.3 Å². The van der Waals surface area contributed by atoms with Crippen LogP contribution in [0.2, 0.25) is 0 Å². The van der Waals surface area contributed by atoms with E-state index in [9.17, 15) is 9.18 Å². The van der Waals surface area contributed by atoms with Gasteiger partial charge in [0.1, 0.15) is 17.3 Å². The first kappa shape index (κ1) is 14.1. The van der Waals surface area contributed by atoms with Gasteiger partial charge < -0.3 is 4.52 Å². The minimum Gasteiger partial charge on any atom is -0.361 e. The second kappa shape index (κ2) is 6.30. The highest BCUT2D eigenvalue weighted by molar-refractivity contribution is 5.95. The number of rotatable bonds is 5. The van der Waals surface area contributed by atoms with Gasteiger partial charge in [-0.15, -0.1) is 0 Å². The zero-order valence-electron chi connectivity index (χ0n) is 11.7. The third kappa shape index (κ3) is 3.09. The minimum atomic E-state index is -0.353. The van der Waals surface area contributed by atoms with Crippen LogP contribution in [0, 0.1) is 5.82 Å². The molecule has 3 aromatic rings. The molecule has 0 spiro atoms. The summed E-state index contributed by atoms with van der Waals surface area (Å²) in [4.78, 5) is 15.9. The molecule has 110 valence electrons. The van der Waals surface area contributed by atoms with Crippen LogP contribution in [0.3, 0.4) is 0 Å². The maximum absolute atomic E-state index is 13.7. The smallest absolute Gasteiger partial charge is 0.164 e. The van der Waals surface area contributed by atoms with Gasteiger partial charge in [0, 0.05) is 42.4 Å². The number of pyridine rings is 1. The number of hydrogen-bond donors (Lipinski definition) is 0. The molecule has 22 heavy (non-hydrogen) atoms. The Labute approximate surface area is 126 Å². The van der Waals surface area contributed by atoms with Gasteiger partial charge in [-0.25, -0.2) is 4.39 Å². The molecule has 0 aliphatic heterocycles. The van der Waals surface area contributed by atoms with Crippen molar-refractivity contribution in [3.05, 3.63) is 72.0 Å². The fourth-order valence-electron chi connectivity index (χ4n) is 2.14. The zero-order chi connectivity index (χ0) is 15.4. The first-order chi connectivity index (χ1) is 10.7. The minimum absolute atomic E-state index is 0.0167. The van der Waals surface area contributed by atoms with Gasteiger partial charge in [0.2, 0.25) is 0 Å². The van der Waals surface area contributed by atoms with E-state index in [-0.39, 0.29) is 18.0 Å². The average Bonchev–Trinajstić information content (AvgIpc) is 3.02. The predicted octanol–water partition coefficient (Wildman–Crippen LogP) is 3.69. The van der Waals surface area contributed by atoms with E-state index < -0.39 is 0 Å². The number of aromatic nitrogens is 2. The molecular weight excluding hydrogens is 283 g/mol. The number of hydrogen-bond acceptors (Lipinski definition) is 4. The van der Waals surface area contributed by atoms with Crippen molar-refractivity contribution < 1.29 is 13.7 Å². The summed E-state index contributed by atoms with van der Waals surface area (Å²) in [7, 11) is 0. The Hall–Kier alpha value is -2.82. The summed E-state index contributed by atoms with van der Waals surface area (Å²) in [5.41, 5.74) is 1.38. The molecule has 2 aromatic heterocycles. The van der Waals surface area contributed by atoms with Crippen molar-refractivity contribution >= 4 is 5.78 Å². The number of nitrogens with zero attached hydrogens (tertiary/aromatic N) is 2. The molecule has 0 saturated heterocycles. The molecule has 0 atom stereocenters. The van der Waals surface area contributed by atoms with E-state index in [4.69, 9.17) is 4.52 Å². The summed E-state index contributed by atoms with van der Waals surface area (Å²) in [6, 6.07) is 11.5. The summed E-state index contributed by atoms with van der Waals surface area (Å²) in [5, 5.41) is 3.86. The van der Waals surface area contributed by atoms with Crippen molar-refractivity contribution in [3.8, 4) is 11.3 Å². The highest BCUT2D eigenvalue weighted by atomic mass is 19.1. The van der Waals surface area contributed by atoms with Crippen LogP contribution in [0.25, 0.3) is 11.3 Å². The highest BCUT2D eigenvalue weighted by Gasteiger charge is 2.12.